The Labute approximate surface area is 206 Å². The molecule has 0 aromatic heterocycles. The zero-order chi connectivity index (χ0) is 25.4. The topological polar surface area (TPSA) is 89.9 Å². The van der Waals surface area contributed by atoms with E-state index in [9.17, 15) is 14.4 Å². The molecule has 0 saturated carbocycles. The van der Waals surface area contributed by atoms with E-state index < -0.39 is 17.9 Å². The number of hydrogen-bond acceptors (Lipinski definition) is 5. The minimum absolute atomic E-state index is 0.210. The Balaban J connectivity index is 0.000000679. The summed E-state index contributed by atoms with van der Waals surface area (Å²) in [4.78, 5) is 32.8. The van der Waals surface area contributed by atoms with Crippen molar-refractivity contribution in [2.75, 3.05) is 14.2 Å². The van der Waals surface area contributed by atoms with Gasteiger partial charge in [0.05, 0.1) is 25.3 Å². The van der Waals surface area contributed by atoms with Crippen LogP contribution in [0.3, 0.4) is 0 Å². The minimum Gasteiger partial charge on any atom is -0.481 e. The van der Waals surface area contributed by atoms with Crippen LogP contribution in [0.1, 0.15) is 130 Å². The normalized spacial score (nSPS) is 10.2. The van der Waals surface area contributed by atoms with Gasteiger partial charge in [0.15, 0.2) is 0 Å². The number of esters is 2. The number of methoxy groups -OCH3 is 2. The second kappa shape index (κ2) is 22.4. The van der Waals surface area contributed by atoms with E-state index in [-0.39, 0.29) is 11.1 Å². The molecule has 0 fully saturated rings. The van der Waals surface area contributed by atoms with E-state index in [1.54, 1.807) is 12.1 Å². The molecular weight excluding hydrogens is 432 g/mol. The third-order valence-corrected chi connectivity index (χ3v) is 5.73. The molecule has 1 rings (SSSR count). The lowest BCUT2D eigenvalue weighted by Gasteiger charge is -2.04. The number of unbranched alkanes of at least 4 members (excludes halogenated alkanes) is 14. The maximum Gasteiger partial charge on any atom is 0.338 e. The number of ether oxygens (including phenoxy) is 2. The van der Waals surface area contributed by atoms with E-state index in [0.717, 1.165) is 12.8 Å². The smallest absolute Gasteiger partial charge is 0.338 e. The van der Waals surface area contributed by atoms with Crippen molar-refractivity contribution in [2.24, 2.45) is 0 Å². The molecule has 0 bridgehead atoms. The van der Waals surface area contributed by atoms with Crippen molar-refractivity contribution in [1.82, 2.24) is 0 Å². The van der Waals surface area contributed by atoms with Gasteiger partial charge in [-0.15, -0.1) is 0 Å². The van der Waals surface area contributed by atoms with Crippen molar-refractivity contribution in [1.29, 1.82) is 0 Å². The van der Waals surface area contributed by atoms with Crippen molar-refractivity contribution in [3.63, 3.8) is 0 Å². The van der Waals surface area contributed by atoms with Gasteiger partial charge in [-0.2, -0.15) is 0 Å². The predicted octanol–water partition coefficient (Wildman–Crippen LogP) is 7.59. The van der Waals surface area contributed by atoms with Crippen molar-refractivity contribution in [3.8, 4) is 0 Å². The van der Waals surface area contributed by atoms with Gasteiger partial charge in [-0.05, 0) is 18.6 Å². The Morgan fingerprint density at radius 1 is 0.618 bits per heavy atom. The average molecular weight is 479 g/mol. The molecule has 6 heteroatoms. The largest absolute Gasteiger partial charge is 0.481 e. The molecule has 1 aromatic rings. The van der Waals surface area contributed by atoms with Crippen LogP contribution >= 0.6 is 0 Å². The van der Waals surface area contributed by atoms with Crippen molar-refractivity contribution >= 4 is 17.9 Å². The Kier molecular flexibility index (Phi) is 20.9. The van der Waals surface area contributed by atoms with Crippen LogP contribution in [-0.4, -0.2) is 37.2 Å². The maximum atomic E-state index is 11.2. The molecule has 194 valence electrons. The van der Waals surface area contributed by atoms with Crippen LogP contribution in [0.2, 0.25) is 0 Å². The van der Waals surface area contributed by atoms with Gasteiger partial charge in [-0.1, -0.05) is 109 Å². The van der Waals surface area contributed by atoms with E-state index in [1.165, 1.54) is 110 Å². The standard InChI is InChI=1S/C18H36O2.C10H10O4/c1-2-3-4-5-6-7-8-9-10-11-12-13-14-15-16-17-18(19)20;1-13-9(11)7-5-3-4-6-8(7)10(12)14-2/h2-17H2,1H3,(H,19,20);3-6H,1-2H3. The first-order valence-electron chi connectivity index (χ1n) is 12.9. The quantitative estimate of drug-likeness (QED) is 0.173. The Morgan fingerprint density at radius 3 is 1.24 bits per heavy atom. The number of carboxylic acid groups (broad SMARTS) is 1. The van der Waals surface area contributed by atoms with Crippen LogP contribution in [0.15, 0.2) is 24.3 Å². The average Bonchev–Trinajstić information content (AvgIpc) is 2.85. The number of hydrogen-bond donors (Lipinski definition) is 1. The first-order valence-corrected chi connectivity index (χ1v) is 12.9. The molecule has 1 aromatic carbocycles. The number of carboxylic acids is 1. The molecule has 0 aliphatic heterocycles. The molecule has 0 spiro atoms. The van der Waals surface area contributed by atoms with Gasteiger partial charge >= 0.3 is 17.9 Å². The molecule has 6 nitrogen and oxygen atoms in total. The Bertz CT molecular complexity index is 636. The van der Waals surface area contributed by atoms with Gasteiger partial charge in [-0.3, -0.25) is 4.79 Å². The molecule has 0 radical (unpaired) electrons. The summed E-state index contributed by atoms with van der Waals surface area (Å²) >= 11 is 0. The monoisotopic (exact) mass is 478 g/mol. The third-order valence-electron chi connectivity index (χ3n) is 5.73. The van der Waals surface area contributed by atoms with Crippen molar-refractivity contribution < 1.29 is 29.0 Å². The highest BCUT2D eigenvalue weighted by Gasteiger charge is 2.16. The maximum absolute atomic E-state index is 11.2. The fourth-order valence-electron chi connectivity index (χ4n) is 3.71. The van der Waals surface area contributed by atoms with Crippen LogP contribution in [0, 0.1) is 0 Å². The summed E-state index contributed by atoms with van der Waals surface area (Å²) in [6.07, 6.45) is 20.2. The lowest BCUT2D eigenvalue weighted by molar-refractivity contribution is -0.137. The van der Waals surface area contributed by atoms with Crippen LogP contribution in [0.25, 0.3) is 0 Å². The number of aliphatic carboxylic acids is 1. The summed E-state index contributed by atoms with van der Waals surface area (Å²) in [5, 5.41) is 8.52. The van der Waals surface area contributed by atoms with E-state index in [1.807, 2.05) is 0 Å². The number of rotatable bonds is 18. The molecule has 0 heterocycles. The Hall–Kier alpha value is -2.37. The molecule has 0 amide bonds. The van der Waals surface area contributed by atoms with E-state index >= 15 is 0 Å². The SMILES string of the molecule is CCCCCCCCCCCCCCCCCC(=O)O.COC(=O)c1ccccc1C(=O)OC. The predicted molar refractivity (Wildman–Crippen MR) is 136 cm³/mol. The van der Waals surface area contributed by atoms with E-state index in [4.69, 9.17) is 5.11 Å². The zero-order valence-electron chi connectivity index (χ0n) is 21.6. The van der Waals surface area contributed by atoms with Gasteiger partial charge < -0.3 is 14.6 Å². The Morgan fingerprint density at radius 2 is 0.941 bits per heavy atom. The van der Waals surface area contributed by atoms with Crippen LogP contribution < -0.4 is 0 Å². The summed E-state index contributed by atoms with van der Waals surface area (Å²) in [6, 6.07) is 6.33. The minimum atomic E-state index is -0.653. The van der Waals surface area contributed by atoms with Crippen LogP contribution in [0.5, 0.6) is 0 Å². The summed E-state index contributed by atoms with van der Waals surface area (Å²) < 4.78 is 9.05. The second-order valence-electron chi connectivity index (χ2n) is 8.62. The van der Waals surface area contributed by atoms with Crippen molar-refractivity contribution in [2.45, 2.75) is 110 Å². The molecule has 0 saturated heterocycles. The molecule has 0 aliphatic rings. The van der Waals surface area contributed by atoms with Crippen LogP contribution in [0.4, 0.5) is 0 Å². The van der Waals surface area contributed by atoms with Gasteiger partial charge in [0.25, 0.3) is 0 Å². The molecule has 0 atom stereocenters. The number of carbonyl (C=O) groups excluding carboxylic acids is 2. The summed E-state index contributed by atoms with van der Waals surface area (Å²) in [7, 11) is 2.52. The highest BCUT2D eigenvalue weighted by Crippen LogP contribution is 2.14. The highest BCUT2D eigenvalue weighted by atomic mass is 16.5. The summed E-state index contributed by atoms with van der Waals surface area (Å²) in [5.74, 6) is -1.75. The van der Waals surface area contributed by atoms with Gasteiger partial charge in [0.2, 0.25) is 0 Å². The summed E-state index contributed by atoms with van der Waals surface area (Å²) in [5.41, 5.74) is 0.420. The number of carbonyl (C=O) groups is 3. The molecular formula is C28H46O6. The number of benzene rings is 1. The third kappa shape index (κ3) is 17.2. The van der Waals surface area contributed by atoms with Gasteiger partial charge in [0.1, 0.15) is 0 Å². The zero-order valence-corrected chi connectivity index (χ0v) is 21.6. The van der Waals surface area contributed by atoms with Gasteiger partial charge in [0, 0.05) is 6.42 Å². The lowest BCUT2D eigenvalue weighted by Crippen LogP contribution is -2.11. The second-order valence-corrected chi connectivity index (χ2v) is 8.62. The molecule has 1 N–H and O–H groups in total. The van der Waals surface area contributed by atoms with Gasteiger partial charge in [-0.25, -0.2) is 9.59 Å². The lowest BCUT2D eigenvalue weighted by atomic mass is 10.0. The van der Waals surface area contributed by atoms with E-state index in [0.29, 0.717) is 6.42 Å². The fraction of sp³-hybridized carbons (Fsp3) is 0.679. The van der Waals surface area contributed by atoms with Crippen molar-refractivity contribution in [3.05, 3.63) is 35.4 Å². The molecule has 0 aliphatic carbocycles. The highest BCUT2D eigenvalue weighted by molar-refractivity contribution is 6.03. The summed E-state index contributed by atoms with van der Waals surface area (Å²) in [6.45, 7) is 2.27. The molecule has 34 heavy (non-hydrogen) atoms. The van der Waals surface area contributed by atoms with Crippen LogP contribution in [-0.2, 0) is 14.3 Å². The van der Waals surface area contributed by atoms with E-state index in [2.05, 4.69) is 16.4 Å². The first kappa shape index (κ1) is 31.6. The molecule has 0 unspecified atom stereocenters. The first-order chi connectivity index (χ1) is 16.5. The fourth-order valence-corrected chi connectivity index (χ4v) is 3.71.